The monoisotopic (exact) mass is 448 g/mol. The van der Waals surface area contributed by atoms with E-state index in [1.165, 1.54) is 22.3 Å². The van der Waals surface area contributed by atoms with Crippen LogP contribution in [0.3, 0.4) is 0 Å². The minimum atomic E-state index is 0. The molecule has 2 N–H and O–H groups in total. The molecule has 20 heavy (non-hydrogen) atoms. The van der Waals surface area contributed by atoms with Gasteiger partial charge in [-0.1, -0.05) is 53.4 Å². The van der Waals surface area contributed by atoms with Crippen LogP contribution in [0.15, 0.2) is 12.4 Å². The molecule has 0 unspecified atom stereocenters. The minimum absolute atomic E-state index is 0. The Labute approximate surface area is 149 Å². The van der Waals surface area contributed by atoms with Crippen LogP contribution in [0.1, 0.15) is 49.9 Å². The van der Waals surface area contributed by atoms with Crippen molar-refractivity contribution in [2.24, 2.45) is 0 Å². The summed E-state index contributed by atoms with van der Waals surface area (Å²) in [7, 11) is 0. The smallest absolute Gasteiger partial charge is 0.484 e. The normalized spacial score (nSPS) is 9.00. The Bertz CT molecular complexity index is 368. The topological polar surface area (TPSA) is 31.6 Å². The van der Waals surface area contributed by atoms with E-state index in [9.17, 15) is 0 Å². The first-order chi connectivity index (χ1) is 8.76. The van der Waals surface area contributed by atoms with Crippen molar-refractivity contribution in [1.29, 1.82) is 0 Å². The minimum Gasteiger partial charge on any atom is -0.484 e. The number of rotatable bonds is 4. The first-order valence-corrected chi connectivity index (χ1v) is 6.90. The van der Waals surface area contributed by atoms with E-state index in [1.54, 1.807) is 0 Å². The largest absolute Gasteiger partial charge is 2.00 e. The van der Waals surface area contributed by atoms with Crippen molar-refractivity contribution in [1.82, 2.24) is 9.97 Å². The summed E-state index contributed by atoms with van der Waals surface area (Å²) in [6.45, 7) is 8.63. The van der Waals surface area contributed by atoms with Crippen molar-refractivity contribution in [2.45, 2.75) is 53.4 Å². The first kappa shape index (κ1) is 22.1. The van der Waals surface area contributed by atoms with E-state index in [2.05, 4.69) is 50.1 Å². The molecule has 0 aliphatic carbocycles. The Hall–Kier alpha value is -0.193. The SMILES string of the molecule is CCc1[c-][nH]cc1CC.CCc1[c-][nH]cc1CC.[Ru+2].[Ru]. The van der Waals surface area contributed by atoms with Crippen LogP contribution in [0.25, 0.3) is 0 Å². The zero-order chi connectivity index (χ0) is 13.4. The summed E-state index contributed by atoms with van der Waals surface area (Å²) in [5.74, 6) is 0. The number of nitrogens with one attached hydrogen (secondary N) is 2. The van der Waals surface area contributed by atoms with Gasteiger partial charge in [0.2, 0.25) is 0 Å². The zero-order valence-electron chi connectivity index (χ0n) is 12.7. The summed E-state index contributed by atoms with van der Waals surface area (Å²) in [6, 6.07) is 0. The molecular formula is C16H24N2Ru2. The molecule has 0 saturated carbocycles. The summed E-state index contributed by atoms with van der Waals surface area (Å²) in [4.78, 5) is 5.95. The molecule has 0 bridgehead atoms. The molecule has 0 aromatic carbocycles. The maximum absolute atomic E-state index is 3.08. The number of aromatic amines is 2. The molecule has 114 valence electrons. The number of aryl methyl sites for hydroxylation is 4. The third-order valence-corrected chi connectivity index (χ3v) is 3.18. The fourth-order valence-corrected chi connectivity index (χ4v) is 2.02. The predicted molar refractivity (Wildman–Crippen MR) is 76.8 cm³/mol. The molecule has 0 aliphatic heterocycles. The van der Waals surface area contributed by atoms with E-state index in [1.807, 2.05) is 12.4 Å². The Morgan fingerprint density at radius 1 is 0.750 bits per heavy atom. The second kappa shape index (κ2) is 12.5. The van der Waals surface area contributed by atoms with Gasteiger partial charge in [-0.05, 0) is 0 Å². The van der Waals surface area contributed by atoms with Gasteiger partial charge in [-0.2, -0.15) is 22.3 Å². The molecule has 0 fully saturated rings. The molecule has 2 heterocycles. The van der Waals surface area contributed by atoms with Crippen molar-refractivity contribution in [2.75, 3.05) is 0 Å². The molecule has 2 rings (SSSR count). The number of H-pyrrole nitrogens is 2. The summed E-state index contributed by atoms with van der Waals surface area (Å²) >= 11 is 0. The Morgan fingerprint density at radius 3 is 1.30 bits per heavy atom. The van der Waals surface area contributed by atoms with Crippen molar-refractivity contribution >= 4 is 0 Å². The van der Waals surface area contributed by atoms with Crippen molar-refractivity contribution < 1.29 is 39.0 Å². The maximum atomic E-state index is 3.08. The second-order valence-corrected chi connectivity index (χ2v) is 4.25. The molecule has 0 saturated heterocycles. The van der Waals surface area contributed by atoms with E-state index in [4.69, 9.17) is 0 Å². The van der Waals surface area contributed by atoms with Crippen LogP contribution in [0.2, 0.25) is 0 Å². The number of hydrogen-bond donors (Lipinski definition) is 2. The molecule has 2 aromatic heterocycles. The summed E-state index contributed by atoms with van der Waals surface area (Å²) < 4.78 is 0. The third kappa shape index (κ3) is 6.51. The third-order valence-electron chi connectivity index (χ3n) is 3.18. The fraction of sp³-hybridized carbons (Fsp3) is 0.500. The van der Waals surface area contributed by atoms with Crippen LogP contribution >= 0.6 is 0 Å². The quantitative estimate of drug-likeness (QED) is 0.528. The summed E-state index contributed by atoms with van der Waals surface area (Å²) in [5, 5.41) is 0. The van der Waals surface area contributed by atoms with Gasteiger partial charge in [-0.15, -0.1) is 24.8 Å². The van der Waals surface area contributed by atoms with E-state index >= 15 is 0 Å². The van der Waals surface area contributed by atoms with Gasteiger partial charge in [0.1, 0.15) is 0 Å². The Morgan fingerprint density at radius 2 is 1.10 bits per heavy atom. The molecular weight excluding hydrogens is 422 g/mol. The molecule has 0 aliphatic rings. The van der Waals surface area contributed by atoms with Gasteiger partial charge < -0.3 is 9.97 Å². The van der Waals surface area contributed by atoms with Crippen LogP contribution < -0.4 is 0 Å². The van der Waals surface area contributed by atoms with Crippen molar-refractivity contribution in [3.8, 4) is 0 Å². The van der Waals surface area contributed by atoms with E-state index in [-0.39, 0.29) is 39.0 Å². The van der Waals surface area contributed by atoms with Crippen molar-refractivity contribution in [3.63, 3.8) is 0 Å². The van der Waals surface area contributed by atoms with Crippen LogP contribution in [-0.4, -0.2) is 9.97 Å². The van der Waals surface area contributed by atoms with Crippen LogP contribution in [-0.2, 0) is 64.6 Å². The predicted octanol–water partition coefficient (Wildman–Crippen LogP) is 3.87. The maximum Gasteiger partial charge on any atom is 2.00 e. The molecule has 0 amide bonds. The van der Waals surface area contributed by atoms with Crippen LogP contribution in [0, 0.1) is 12.4 Å². The fourth-order valence-electron chi connectivity index (χ4n) is 2.02. The Kier molecular flexibility index (Phi) is 13.9. The number of aromatic nitrogens is 2. The standard InChI is InChI=1S/2C8H12N.2Ru/c2*1-3-7-5-9-6-8(7)4-2;;/h2*5,9H,3-4H2,1-2H3;;/q2*-1;;+2. The van der Waals surface area contributed by atoms with Crippen molar-refractivity contribution in [3.05, 3.63) is 47.0 Å². The van der Waals surface area contributed by atoms with E-state index in [0.29, 0.717) is 0 Å². The van der Waals surface area contributed by atoms with Crippen LogP contribution in [0.5, 0.6) is 0 Å². The number of hydrogen-bond acceptors (Lipinski definition) is 0. The van der Waals surface area contributed by atoms with E-state index in [0.717, 1.165) is 25.7 Å². The average molecular weight is 447 g/mol. The molecule has 0 radical (unpaired) electrons. The Balaban J connectivity index is 0. The molecule has 0 spiro atoms. The van der Waals surface area contributed by atoms with Gasteiger partial charge in [0, 0.05) is 19.5 Å². The van der Waals surface area contributed by atoms with Gasteiger partial charge in [0.25, 0.3) is 0 Å². The average Bonchev–Trinajstić information content (AvgIpc) is 3.06. The van der Waals surface area contributed by atoms with Gasteiger partial charge in [-0.25, -0.2) is 0 Å². The molecule has 2 aromatic rings. The summed E-state index contributed by atoms with van der Waals surface area (Å²) in [6.07, 6.45) is 14.6. The van der Waals surface area contributed by atoms with Gasteiger partial charge in [0.15, 0.2) is 0 Å². The van der Waals surface area contributed by atoms with Gasteiger partial charge in [0.05, 0.1) is 0 Å². The van der Waals surface area contributed by atoms with Gasteiger partial charge in [-0.3, -0.25) is 0 Å². The summed E-state index contributed by atoms with van der Waals surface area (Å²) in [5.41, 5.74) is 5.46. The second-order valence-electron chi connectivity index (χ2n) is 4.25. The van der Waals surface area contributed by atoms with E-state index < -0.39 is 0 Å². The molecule has 2 nitrogen and oxygen atoms in total. The molecule has 4 heteroatoms. The first-order valence-electron chi connectivity index (χ1n) is 6.90. The zero-order valence-corrected chi connectivity index (χ0v) is 16.2. The molecule has 0 atom stereocenters. The van der Waals surface area contributed by atoms with Gasteiger partial charge >= 0.3 is 19.5 Å². The van der Waals surface area contributed by atoms with Crippen LogP contribution in [0.4, 0.5) is 0 Å².